The average molecular weight is 568 g/mol. The number of halogens is 2. The first kappa shape index (κ1) is 27.4. The Labute approximate surface area is 237 Å². The molecule has 9 nitrogen and oxygen atoms in total. The number of aliphatic imine (C=N–C) groups is 1. The molecule has 4 heterocycles. The summed E-state index contributed by atoms with van der Waals surface area (Å²) in [6.45, 7) is 8.91. The van der Waals surface area contributed by atoms with E-state index in [1.807, 2.05) is 43.7 Å². The third-order valence-corrected chi connectivity index (χ3v) is 7.56. The summed E-state index contributed by atoms with van der Waals surface area (Å²) in [5, 5.41) is 9.27. The Morgan fingerprint density at radius 2 is 1.90 bits per heavy atom. The minimum Gasteiger partial charge on any atom is -0.486 e. The monoisotopic (exact) mass is 567 g/mol. The number of hydrogen-bond donors (Lipinski definition) is 1. The lowest BCUT2D eigenvalue weighted by Gasteiger charge is -2.24. The molecule has 0 spiro atoms. The summed E-state index contributed by atoms with van der Waals surface area (Å²) < 4.78 is 47.3. The predicted octanol–water partition coefficient (Wildman–Crippen LogP) is 5.49. The van der Waals surface area contributed by atoms with Crippen LogP contribution in [-0.4, -0.2) is 64.0 Å². The molecule has 2 aromatic carbocycles. The molecule has 3 aromatic rings. The van der Waals surface area contributed by atoms with Crippen LogP contribution in [0.1, 0.15) is 70.5 Å². The number of ether oxygens (including phenoxy) is 3. The van der Waals surface area contributed by atoms with Crippen LogP contribution in [0.25, 0.3) is 10.9 Å². The van der Waals surface area contributed by atoms with E-state index in [4.69, 9.17) is 24.3 Å². The van der Waals surface area contributed by atoms with Gasteiger partial charge in [0.2, 0.25) is 0 Å². The summed E-state index contributed by atoms with van der Waals surface area (Å²) in [5.41, 5.74) is 1.38. The fourth-order valence-corrected chi connectivity index (χ4v) is 5.63. The van der Waals surface area contributed by atoms with Gasteiger partial charge in [-0.25, -0.2) is 18.3 Å². The molecule has 6 rings (SSSR count). The van der Waals surface area contributed by atoms with Crippen LogP contribution in [0, 0.1) is 11.6 Å². The lowest BCUT2D eigenvalue weighted by molar-refractivity contribution is -0.0367. The molecule has 3 aliphatic rings. The first-order valence-corrected chi connectivity index (χ1v) is 14.1. The van der Waals surface area contributed by atoms with Crippen LogP contribution < -0.4 is 10.1 Å². The molecular formula is C30H35F2N5O4. The van der Waals surface area contributed by atoms with Crippen molar-refractivity contribution in [2.45, 2.75) is 77.0 Å². The second kappa shape index (κ2) is 10.6. The molecule has 4 atom stereocenters. The van der Waals surface area contributed by atoms with Crippen LogP contribution >= 0.6 is 0 Å². The zero-order chi connectivity index (χ0) is 28.9. The number of benzene rings is 2. The van der Waals surface area contributed by atoms with Crippen molar-refractivity contribution in [2.75, 3.05) is 19.7 Å². The second-order valence-corrected chi connectivity index (χ2v) is 11.9. The number of fused-ring (bicyclic) bond motifs is 2. The number of carbonyl (C=O) groups excluding carboxylic acids is 1. The molecule has 1 aromatic heterocycles. The fourth-order valence-electron chi connectivity index (χ4n) is 5.63. The molecule has 41 heavy (non-hydrogen) atoms. The number of rotatable bonds is 5. The van der Waals surface area contributed by atoms with Crippen LogP contribution in [0.15, 0.2) is 41.4 Å². The van der Waals surface area contributed by atoms with Crippen molar-refractivity contribution >= 4 is 22.8 Å². The molecule has 1 amide bonds. The first-order chi connectivity index (χ1) is 19.5. The van der Waals surface area contributed by atoms with Gasteiger partial charge in [-0.3, -0.25) is 4.99 Å². The highest BCUT2D eigenvalue weighted by Gasteiger charge is 2.42. The third kappa shape index (κ3) is 5.72. The maximum atomic E-state index is 13.8. The van der Waals surface area contributed by atoms with Crippen LogP contribution in [0.3, 0.4) is 0 Å². The lowest BCUT2D eigenvalue weighted by Crippen LogP contribution is -2.39. The van der Waals surface area contributed by atoms with Gasteiger partial charge in [-0.15, -0.1) is 0 Å². The number of hydrogen-bond acceptors (Lipinski definition) is 7. The number of aromatic nitrogens is 2. The zero-order valence-electron chi connectivity index (χ0n) is 23.7. The van der Waals surface area contributed by atoms with Gasteiger partial charge in [-0.05, 0) is 82.9 Å². The third-order valence-electron chi connectivity index (χ3n) is 7.56. The molecule has 0 bridgehead atoms. The molecule has 0 radical (unpaired) electrons. The van der Waals surface area contributed by atoms with E-state index < -0.39 is 23.3 Å². The van der Waals surface area contributed by atoms with Gasteiger partial charge in [0.15, 0.2) is 12.1 Å². The van der Waals surface area contributed by atoms with Gasteiger partial charge in [0.05, 0.1) is 17.6 Å². The summed E-state index contributed by atoms with van der Waals surface area (Å²) in [6.07, 6.45) is 1.80. The van der Waals surface area contributed by atoms with Crippen molar-refractivity contribution in [2.24, 2.45) is 4.99 Å². The van der Waals surface area contributed by atoms with Gasteiger partial charge < -0.3 is 24.4 Å². The molecule has 11 heteroatoms. The molecule has 0 saturated carbocycles. The summed E-state index contributed by atoms with van der Waals surface area (Å²) >= 11 is 0. The van der Waals surface area contributed by atoms with Gasteiger partial charge in [0.1, 0.15) is 34.8 Å². The van der Waals surface area contributed by atoms with Crippen LogP contribution in [-0.2, 0) is 9.47 Å². The van der Waals surface area contributed by atoms with E-state index in [2.05, 4.69) is 5.32 Å². The Bertz CT molecular complexity index is 1470. The van der Waals surface area contributed by atoms with E-state index in [0.717, 1.165) is 36.2 Å². The van der Waals surface area contributed by atoms with E-state index in [-0.39, 0.29) is 24.4 Å². The fraction of sp³-hybridized carbons (Fsp3) is 0.500. The highest BCUT2D eigenvalue weighted by atomic mass is 19.1. The number of nitrogens with one attached hydrogen (secondary N) is 1. The van der Waals surface area contributed by atoms with Crippen LogP contribution in [0.2, 0.25) is 0 Å². The highest BCUT2D eigenvalue weighted by molar-refractivity contribution is 6.09. The minimum atomic E-state index is -0.650. The molecular weight excluding hydrogens is 532 g/mol. The smallest absolute Gasteiger partial charge is 0.410 e. The first-order valence-electron chi connectivity index (χ1n) is 14.1. The number of carbonyl (C=O) groups is 1. The number of nitrogens with zero attached hydrogens (tertiary/aromatic N) is 4. The SMILES string of the molecule is CC(Oc1ccc2c(c1)c(C1=NC3CN(C(=O)OC(C)(C)C)CC3N1)nn2C1CCCCO1)c1cc(F)cc(F)c1. The standard InChI is InChI=1S/C30H35F2N5O4/c1-17(18-11-19(31)13-20(32)12-18)40-21-8-9-25-22(14-21)27(35-37(25)26-7-5-6-10-39-26)28-33-23-15-36(16-24(23)34-28)29(38)41-30(2,3)4/h8-9,11-14,17,23-24,26H,5-7,10,15-16H2,1-4H3,(H,33,34). The van der Waals surface area contributed by atoms with Crippen molar-refractivity contribution in [1.29, 1.82) is 0 Å². The van der Waals surface area contributed by atoms with Crippen molar-refractivity contribution < 1.29 is 27.8 Å². The zero-order valence-corrected chi connectivity index (χ0v) is 23.7. The Morgan fingerprint density at radius 3 is 2.59 bits per heavy atom. The van der Waals surface area contributed by atoms with Gasteiger partial charge in [-0.1, -0.05) is 0 Å². The quantitative estimate of drug-likeness (QED) is 0.439. The molecule has 1 N–H and O–H groups in total. The van der Waals surface area contributed by atoms with Crippen molar-refractivity contribution in [1.82, 2.24) is 20.0 Å². The van der Waals surface area contributed by atoms with E-state index >= 15 is 0 Å². The topological polar surface area (TPSA) is 90.2 Å². The Morgan fingerprint density at radius 1 is 1.12 bits per heavy atom. The molecule has 2 saturated heterocycles. The van der Waals surface area contributed by atoms with Crippen molar-refractivity contribution in [3.8, 4) is 5.75 Å². The van der Waals surface area contributed by atoms with Crippen molar-refractivity contribution in [3.05, 3.63) is 59.3 Å². The van der Waals surface area contributed by atoms with Gasteiger partial charge in [0.25, 0.3) is 0 Å². The normalized spacial score (nSPS) is 23.2. The summed E-state index contributed by atoms with van der Waals surface area (Å²) in [7, 11) is 0. The van der Waals surface area contributed by atoms with Gasteiger partial charge in [0, 0.05) is 31.1 Å². The second-order valence-electron chi connectivity index (χ2n) is 11.9. The Balaban J connectivity index is 1.30. The average Bonchev–Trinajstić information content (AvgIpc) is 3.59. The summed E-state index contributed by atoms with van der Waals surface area (Å²) in [5.74, 6) is -0.109. The van der Waals surface area contributed by atoms with Crippen molar-refractivity contribution in [3.63, 3.8) is 0 Å². The molecule has 2 fully saturated rings. The Kier molecular flexibility index (Phi) is 7.09. The Hall–Kier alpha value is -3.73. The van der Waals surface area contributed by atoms with E-state index in [1.165, 1.54) is 12.1 Å². The van der Waals surface area contributed by atoms with Crippen LogP contribution in [0.4, 0.5) is 13.6 Å². The molecule has 218 valence electrons. The molecule has 3 aliphatic heterocycles. The molecule has 0 aliphatic carbocycles. The number of amides is 1. The predicted molar refractivity (Wildman–Crippen MR) is 149 cm³/mol. The highest BCUT2D eigenvalue weighted by Crippen LogP contribution is 2.33. The van der Waals surface area contributed by atoms with E-state index in [9.17, 15) is 13.6 Å². The summed E-state index contributed by atoms with van der Waals surface area (Å²) in [6, 6.07) is 8.85. The largest absolute Gasteiger partial charge is 0.486 e. The van der Waals surface area contributed by atoms with E-state index in [0.29, 0.717) is 42.5 Å². The molecule has 4 unspecified atom stereocenters. The number of likely N-dealkylation sites (tertiary alicyclic amines) is 1. The number of amidine groups is 1. The maximum absolute atomic E-state index is 13.8. The maximum Gasteiger partial charge on any atom is 0.410 e. The van der Waals surface area contributed by atoms with Gasteiger partial charge in [-0.2, -0.15) is 5.10 Å². The lowest BCUT2D eigenvalue weighted by atomic mass is 10.1. The van der Waals surface area contributed by atoms with Crippen LogP contribution in [0.5, 0.6) is 5.75 Å². The minimum absolute atomic E-state index is 0.0500. The summed E-state index contributed by atoms with van der Waals surface area (Å²) in [4.78, 5) is 19.2. The van der Waals surface area contributed by atoms with E-state index in [1.54, 1.807) is 11.8 Å². The van der Waals surface area contributed by atoms with Gasteiger partial charge >= 0.3 is 6.09 Å².